The second-order valence-corrected chi connectivity index (χ2v) is 9.40. The number of rotatable bonds is 5. The molecule has 4 aromatic rings. The fraction of sp³-hybridized carbons (Fsp3) is 0.174. The lowest BCUT2D eigenvalue weighted by molar-refractivity contribution is 0.102. The molecule has 1 heterocycles. The molecule has 7 heteroatoms. The molecule has 0 fully saturated rings. The van der Waals surface area contributed by atoms with Crippen LogP contribution in [-0.4, -0.2) is 31.7 Å². The molecule has 0 spiro atoms. The number of amides is 1. The molecule has 4 rings (SSSR count). The van der Waals surface area contributed by atoms with E-state index in [0.717, 1.165) is 16.4 Å². The van der Waals surface area contributed by atoms with E-state index in [2.05, 4.69) is 5.32 Å². The summed E-state index contributed by atoms with van der Waals surface area (Å²) in [7, 11) is -2.05. The molecule has 1 N–H and O–H groups in total. The first-order chi connectivity index (χ1) is 14.3. The Labute approximate surface area is 175 Å². The van der Waals surface area contributed by atoms with Gasteiger partial charge < -0.3 is 9.73 Å². The van der Waals surface area contributed by atoms with E-state index >= 15 is 0 Å². The zero-order chi connectivity index (χ0) is 21.5. The molecule has 0 unspecified atom stereocenters. The summed E-state index contributed by atoms with van der Waals surface area (Å²) in [6, 6.07) is 19.0. The molecule has 1 aromatic heterocycles. The summed E-state index contributed by atoms with van der Waals surface area (Å²) in [4.78, 5) is 12.8. The lowest BCUT2D eigenvalue weighted by Crippen LogP contribution is -2.33. The van der Waals surface area contributed by atoms with Crippen LogP contribution in [0.2, 0.25) is 0 Å². The van der Waals surface area contributed by atoms with Gasteiger partial charge in [0.2, 0.25) is 10.0 Å². The fourth-order valence-corrected chi connectivity index (χ4v) is 4.60. The molecule has 0 aliphatic rings. The van der Waals surface area contributed by atoms with Crippen LogP contribution in [0, 0.1) is 0 Å². The van der Waals surface area contributed by atoms with Crippen LogP contribution in [0.25, 0.3) is 21.9 Å². The highest BCUT2D eigenvalue weighted by Crippen LogP contribution is 2.30. The van der Waals surface area contributed by atoms with Gasteiger partial charge in [-0.1, -0.05) is 18.2 Å². The highest BCUT2D eigenvalue weighted by atomic mass is 32.2. The van der Waals surface area contributed by atoms with Crippen molar-refractivity contribution in [3.05, 3.63) is 72.3 Å². The minimum atomic E-state index is -3.59. The van der Waals surface area contributed by atoms with E-state index in [1.54, 1.807) is 19.9 Å². The predicted octanol–water partition coefficient (Wildman–Crippen LogP) is 4.87. The van der Waals surface area contributed by atoms with Crippen molar-refractivity contribution in [3.8, 4) is 0 Å². The monoisotopic (exact) mass is 422 g/mol. The van der Waals surface area contributed by atoms with E-state index in [1.165, 1.54) is 35.6 Å². The van der Waals surface area contributed by atoms with Gasteiger partial charge in [-0.05, 0) is 56.3 Å². The third-order valence-electron chi connectivity index (χ3n) is 5.16. The average molecular weight is 423 g/mol. The lowest BCUT2D eigenvalue weighted by atomic mass is 10.1. The Hall–Kier alpha value is -3.16. The van der Waals surface area contributed by atoms with Crippen LogP contribution < -0.4 is 5.32 Å². The van der Waals surface area contributed by atoms with Crippen molar-refractivity contribution in [1.29, 1.82) is 0 Å². The lowest BCUT2D eigenvalue weighted by Gasteiger charge is -2.21. The zero-order valence-corrected chi connectivity index (χ0v) is 17.7. The maximum Gasteiger partial charge on any atom is 0.255 e. The van der Waals surface area contributed by atoms with Gasteiger partial charge in [-0.15, -0.1) is 0 Å². The summed E-state index contributed by atoms with van der Waals surface area (Å²) >= 11 is 0. The molecule has 1 amide bonds. The van der Waals surface area contributed by atoms with Crippen molar-refractivity contribution in [2.24, 2.45) is 0 Å². The Bertz CT molecular complexity index is 1340. The molecule has 0 aliphatic heterocycles. The van der Waals surface area contributed by atoms with Crippen LogP contribution in [0.4, 0.5) is 5.69 Å². The molecule has 0 radical (unpaired) electrons. The van der Waals surface area contributed by atoms with E-state index in [9.17, 15) is 13.2 Å². The first-order valence-electron chi connectivity index (χ1n) is 9.58. The smallest absolute Gasteiger partial charge is 0.255 e. The molecular weight excluding hydrogens is 400 g/mol. The van der Waals surface area contributed by atoms with E-state index in [0.29, 0.717) is 16.8 Å². The van der Waals surface area contributed by atoms with Crippen LogP contribution in [-0.2, 0) is 10.0 Å². The molecule has 0 atom stereocenters. The Morgan fingerprint density at radius 1 is 0.933 bits per heavy atom. The first-order valence-corrected chi connectivity index (χ1v) is 11.0. The van der Waals surface area contributed by atoms with Gasteiger partial charge in [0.1, 0.15) is 11.2 Å². The number of fused-ring (bicyclic) bond motifs is 3. The van der Waals surface area contributed by atoms with Gasteiger partial charge in [0.25, 0.3) is 5.91 Å². The number of furan rings is 1. The molecule has 3 aromatic carbocycles. The number of hydrogen-bond acceptors (Lipinski definition) is 4. The number of sulfonamides is 1. The van der Waals surface area contributed by atoms with Crippen LogP contribution in [0.15, 0.2) is 76.0 Å². The maximum absolute atomic E-state index is 12.6. The summed E-state index contributed by atoms with van der Waals surface area (Å²) < 4.78 is 32.3. The normalized spacial score (nSPS) is 12.2. The molecule has 154 valence electrons. The summed E-state index contributed by atoms with van der Waals surface area (Å²) in [5.74, 6) is -0.327. The van der Waals surface area contributed by atoms with Crippen molar-refractivity contribution in [3.63, 3.8) is 0 Å². The number of nitrogens with one attached hydrogen (secondary N) is 1. The van der Waals surface area contributed by atoms with Crippen molar-refractivity contribution in [1.82, 2.24) is 4.31 Å². The van der Waals surface area contributed by atoms with Gasteiger partial charge in [-0.25, -0.2) is 8.42 Å². The highest BCUT2D eigenvalue weighted by Gasteiger charge is 2.23. The third kappa shape index (κ3) is 3.58. The van der Waals surface area contributed by atoms with Gasteiger partial charge in [-0.3, -0.25) is 4.79 Å². The fourth-order valence-electron chi connectivity index (χ4n) is 3.23. The second kappa shape index (κ2) is 7.59. The van der Waals surface area contributed by atoms with Crippen molar-refractivity contribution in [2.45, 2.75) is 24.8 Å². The standard InChI is InChI=1S/C23H22N2O4S/c1-15(2)25(3)30(27,28)18-11-8-16(9-12-18)23(26)24-17-10-13-20-19-6-4-5-7-21(19)29-22(20)14-17/h4-15H,1-3H3,(H,24,26). The van der Waals surface area contributed by atoms with E-state index in [1.807, 2.05) is 36.4 Å². The van der Waals surface area contributed by atoms with Crippen LogP contribution >= 0.6 is 0 Å². The second-order valence-electron chi connectivity index (χ2n) is 7.40. The number of carbonyl (C=O) groups is 1. The van der Waals surface area contributed by atoms with E-state index < -0.39 is 10.0 Å². The number of hydrogen-bond donors (Lipinski definition) is 1. The largest absolute Gasteiger partial charge is 0.456 e. The van der Waals surface area contributed by atoms with Gasteiger partial charge >= 0.3 is 0 Å². The Morgan fingerprint density at radius 3 is 2.30 bits per heavy atom. The zero-order valence-electron chi connectivity index (χ0n) is 16.9. The molecular formula is C23H22N2O4S. The van der Waals surface area contributed by atoms with Gasteiger partial charge in [0.15, 0.2) is 0 Å². The first kappa shape index (κ1) is 20.1. The minimum absolute atomic E-state index is 0.152. The number of para-hydroxylation sites is 1. The highest BCUT2D eigenvalue weighted by molar-refractivity contribution is 7.89. The van der Waals surface area contributed by atoms with Crippen LogP contribution in [0.1, 0.15) is 24.2 Å². The summed E-state index contributed by atoms with van der Waals surface area (Å²) in [5.41, 5.74) is 2.44. The topological polar surface area (TPSA) is 79.6 Å². The number of benzene rings is 3. The Morgan fingerprint density at radius 2 is 1.60 bits per heavy atom. The molecule has 0 aliphatic carbocycles. The molecule has 0 saturated heterocycles. The number of nitrogens with zero attached hydrogens (tertiary/aromatic N) is 1. The van der Waals surface area contributed by atoms with Gasteiger partial charge in [-0.2, -0.15) is 4.31 Å². The Balaban J connectivity index is 1.56. The quantitative estimate of drug-likeness (QED) is 0.498. The Kier molecular flexibility index (Phi) is 5.09. The summed E-state index contributed by atoms with van der Waals surface area (Å²) in [5, 5.41) is 4.84. The van der Waals surface area contributed by atoms with Crippen molar-refractivity contribution < 1.29 is 17.6 Å². The maximum atomic E-state index is 12.6. The SMILES string of the molecule is CC(C)N(C)S(=O)(=O)c1ccc(C(=O)Nc2ccc3c(c2)oc2ccccc23)cc1. The molecule has 30 heavy (non-hydrogen) atoms. The molecule has 0 bridgehead atoms. The van der Waals surface area contributed by atoms with Gasteiger partial charge in [0.05, 0.1) is 4.90 Å². The van der Waals surface area contributed by atoms with E-state index in [-0.39, 0.29) is 16.8 Å². The van der Waals surface area contributed by atoms with Crippen LogP contribution in [0.3, 0.4) is 0 Å². The van der Waals surface area contributed by atoms with Gasteiger partial charge in [0, 0.05) is 41.2 Å². The minimum Gasteiger partial charge on any atom is -0.456 e. The molecule has 0 saturated carbocycles. The van der Waals surface area contributed by atoms with Crippen molar-refractivity contribution >= 4 is 43.6 Å². The van der Waals surface area contributed by atoms with E-state index in [4.69, 9.17) is 4.42 Å². The molecule has 6 nitrogen and oxygen atoms in total. The number of anilines is 1. The average Bonchev–Trinajstić information content (AvgIpc) is 3.10. The third-order valence-corrected chi connectivity index (χ3v) is 7.21. The summed E-state index contributed by atoms with van der Waals surface area (Å²) in [6.07, 6.45) is 0. The predicted molar refractivity (Wildman–Crippen MR) is 118 cm³/mol. The number of carbonyl (C=O) groups excluding carboxylic acids is 1. The van der Waals surface area contributed by atoms with Crippen molar-refractivity contribution in [2.75, 3.05) is 12.4 Å². The van der Waals surface area contributed by atoms with Crippen LogP contribution in [0.5, 0.6) is 0 Å². The summed E-state index contributed by atoms with van der Waals surface area (Å²) in [6.45, 7) is 3.61.